The fraction of sp³-hybridized carbons (Fsp3) is 0.300. The van der Waals surface area contributed by atoms with Gasteiger partial charge in [0.1, 0.15) is 0 Å². The molecular formula is C10H11FN2O. The first-order valence-electron chi connectivity index (χ1n) is 4.08. The number of halogens is 1. The van der Waals surface area contributed by atoms with Gasteiger partial charge < -0.3 is 10.8 Å². The lowest BCUT2D eigenvalue weighted by Crippen LogP contribution is -2.29. The van der Waals surface area contributed by atoms with Gasteiger partial charge in [-0.25, -0.2) is 4.39 Å². The van der Waals surface area contributed by atoms with Crippen molar-refractivity contribution in [1.29, 1.82) is 5.26 Å². The van der Waals surface area contributed by atoms with Crippen LogP contribution in [0.25, 0.3) is 0 Å². The van der Waals surface area contributed by atoms with Crippen molar-refractivity contribution in [2.75, 3.05) is 0 Å². The van der Waals surface area contributed by atoms with Gasteiger partial charge in [0.25, 0.3) is 0 Å². The summed E-state index contributed by atoms with van der Waals surface area (Å²) in [4.78, 5) is 0. The number of aromatic hydroxyl groups is 1. The summed E-state index contributed by atoms with van der Waals surface area (Å²) in [6, 6.07) is 4.16. The van der Waals surface area contributed by atoms with Crippen molar-refractivity contribution in [3.63, 3.8) is 0 Å². The van der Waals surface area contributed by atoms with E-state index in [4.69, 9.17) is 11.0 Å². The average molecular weight is 194 g/mol. The summed E-state index contributed by atoms with van der Waals surface area (Å²) >= 11 is 0. The van der Waals surface area contributed by atoms with Gasteiger partial charge in [0, 0.05) is 11.1 Å². The molecule has 0 bridgehead atoms. The molecule has 0 saturated carbocycles. The molecule has 0 radical (unpaired) electrons. The number of nitrogens with two attached hydrogens (primary N) is 1. The monoisotopic (exact) mass is 194 g/mol. The molecule has 74 valence electrons. The highest BCUT2D eigenvalue weighted by Crippen LogP contribution is 2.30. The summed E-state index contributed by atoms with van der Waals surface area (Å²) in [5.74, 6) is -1.31. The van der Waals surface area contributed by atoms with Crippen LogP contribution in [0.4, 0.5) is 4.39 Å². The minimum Gasteiger partial charge on any atom is -0.505 e. The number of hydrogen-bond acceptors (Lipinski definition) is 3. The van der Waals surface area contributed by atoms with E-state index < -0.39 is 17.1 Å². The normalized spacial score (nSPS) is 11.1. The van der Waals surface area contributed by atoms with Gasteiger partial charge in [-0.05, 0) is 26.0 Å². The Morgan fingerprint density at radius 3 is 2.50 bits per heavy atom. The SMILES string of the molecule is CC(C)(N)c1cc(C#N)cc(F)c1O. The van der Waals surface area contributed by atoms with Crippen LogP contribution < -0.4 is 5.73 Å². The molecule has 0 aliphatic rings. The van der Waals surface area contributed by atoms with E-state index in [9.17, 15) is 9.50 Å². The molecule has 1 aromatic carbocycles. The predicted molar refractivity (Wildman–Crippen MR) is 50.0 cm³/mol. The van der Waals surface area contributed by atoms with Crippen LogP contribution in [0.5, 0.6) is 5.75 Å². The Hall–Kier alpha value is -1.60. The second-order valence-electron chi connectivity index (χ2n) is 3.69. The lowest BCUT2D eigenvalue weighted by atomic mass is 9.93. The number of phenols is 1. The Balaban J connectivity index is 3.44. The Bertz CT molecular complexity index is 402. The second kappa shape index (κ2) is 3.28. The second-order valence-corrected chi connectivity index (χ2v) is 3.69. The van der Waals surface area contributed by atoms with Crippen molar-refractivity contribution >= 4 is 0 Å². The van der Waals surface area contributed by atoms with Gasteiger partial charge in [0.05, 0.1) is 11.6 Å². The minimum atomic E-state index is -0.877. The lowest BCUT2D eigenvalue weighted by Gasteiger charge is -2.20. The van der Waals surface area contributed by atoms with Crippen molar-refractivity contribution < 1.29 is 9.50 Å². The summed E-state index contributed by atoms with van der Waals surface area (Å²) in [6.45, 7) is 3.26. The maximum Gasteiger partial charge on any atom is 0.166 e. The van der Waals surface area contributed by atoms with Crippen molar-refractivity contribution in [2.24, 2.45) is 5.73 Å². The number of phenolic OH excluding ortho intramolecular Hbond substituents is 1. The molecule has 3 N–H and O–H groups in total. The summed E-state index contributed by atoms with van der Waals surface area (Å²) in [5, 5.41) is 18.0. The van der Waals surface area contributed by atoms with Crippen LogP contribution in [0.15, 0.2) is 12.1 Å². The third-order valence-corrected chi connectivity index (χ3v) is 1.89. The Morgan fingerprint density at radius 1 is 1.50 bits per heavy atom. The van der Waals surface area contributed by atoms with Crippen LogP contribution in [0, 0.1) is 17.1 Å². The highest BCUT2D eigenvalue weighted by atomic mass is 19.1. The maximum absolute atomic E-state index is 13.1. The molecule has 0 spiro atoms. The number of nitrogens with zero attached hydrogens (tertiary/aromatic N) is 1. The van der Waals surface area contributed by atoms with Crippen LogP contribution in [0.3, 0.4) is 0 Å². The molecule has 0 atom stereocenters. The van der Waals surface area contributed by atoms with Gasteiger partial charge in [-0.1, -0.05) is 0 Å². The van der Waals surface area contributed by atoms with Crippen LogP contribution in [-0.4, -0.2) is 5.11 Å². The van der Waals surface area contributed by atoms with E-state index in [0.717, 1.165) is 6.07 Å². The third-order valence-electron chi connectivity index (χ3n) is 1.89. The summed E-state index contributed by atoms with van der Waals surface area (Å²) in [5.41, 5.74) is 5.21. The van der Waals surface area contributed by atoms with E-state index in [1.54, 1.807) is 19.9 Å². The summed E-state index contributed by atoms with van der Waals surface area (Å²) < 4.78 is 13.1. The van der Waals surface area contributed by atoms with Gasteiger partial charge in [0.15, 0.2) is 11.6 Å². The Kier molecular flexibility index (Phi) is 2.45. The van der Waals surface area contributed by atoms with Crippen LogP contribution in [-0.2, 0) is 5.54 Å². The molecule has 0 amide bonds. The van der Waals surface area contributed by atoms with Crippen LogP contribution >= 0.6 is 0 Å². The largest absolute Gasteiger partial charge is 0.505 e. The Labute approximate surface area is 81.6 Å². The first-order chi connectivity index (χ1) is 6.36. The van der Waals surface area contributed by atoms with Crippen molar-refractivity contribution in [1.82, 2.24) is 0 Å². The van der Waals surface area contributed by atoms with E-state index in [2.05, 4.69) is 0 Å². The zero-order valence-corrected chi connectivity index (χ0v) is 8.00. The van der Waals surface area contributed by atoms with Crippen molar-refractivity contribution in [2.45, 2.75) is 19.4 Å². The number of rotatable bonds is 1. The minimum absolute atomic E-state index is 0.147. The lowest BCUT2D eigenvalue weighted by molar-refractivity contribution is 0.405. The molecule has 1 aromatic rings. The zero-order chi connectivity index (χ0) is 10.9. The van der Waals surface area contributed by atoms with Gasteiger partial charge in [-0.2, -0.15) is 5.26 Å². The average Bonchev–Trinajstić information content (AvgIpc) is 2.07. The molecule has 1 rings (SSSR count). The molecule has 0 unspecified atom stereocenters. The summed E-state index contributed by atoms with van der Waals surface area (Å²) in [6.07, 6.45) is 0. The molecule has 14 heavy (non-hydrogen) atoms. The van der Waals surface area contributed by atoms with E-state index in [1.807, 2.05) is 0 Å². The van der Waals surface area contributed by atoms with Crippen molar-refractivity contribution in [3.8, 4) is 11.8 Å². The van der Waals surface area contributed by atoms with Crippen LogP contribution in [0.2, 0.25) is 0 Å². The van der Waals surface area contributed by atoms with Gasteiger partial charge in [-0.15, -0.1) is 0 Å². The highest BCUT2D eigenvalue weighted by molar-refractivity contribution is 5.45. The Morgan fingerprint density at radius 2 is 2.07 bits per heavy atom. The van der Waals surface area contributed by atoms with E-state index in [0.29, 0.717) is 0 Å². The molecule has 0 fully saturated rings. The van der Waals surface area contributed by atoms with Crippen LogP contribution in [0.1, 0.15) is 25.0 Å². The zero-order valence-electron chi connectivity index (χ0n) is 8.00. The molecular weight excluding hydrogens is 183 g/mol. The quantitative estimate of drug-likeness (QED) is 0.713. The fourth-order valence-corrected chi connectivity index (χ4v) is 1.15. The predicted octanol–water partition coefficient (Wildman–Crippen LogP) is 1.60. The first kappa shape index (κ1) is 10.5. The van der Waals surface area contributed by atoms with Gasteiger partial charge in [-0.3, -0.25) is 0 Å². The van der Waals surface area contributed by atoms with E-state index in [1.165, 1.54) is 6.07 Å². The topological polar surface area (TPSA) is 70.0 Å². The summed E-state index contributed by atoms with van der Waals surface area (Å²) in [7, 11) is 0. The van der Waals surface area contributed by atoms with E-state index >= 15 is 0 Å². The molecule has 0 aromatic heterocycles. The first-order valence-corrected chi connectivity index (χ1v) is 4.08. The maximum atomic E-state index is 13.1. The molecule has 0 heterocycles. The smallest absolute Gasteiger partial charge is 0.166 e. The fourth-order valence-electron chi connectivity index (χ4n) is 1.15. The number of hydrogen-bond donors (Lipinski definition) is 2. The van der Waals surface area contributed by atoms with Crippen molar-refractivity contribution in [3.05, 3.63) is 29.1 Å². The molecule has 0 aliphatic heterocycles. The van der Waals surface area contributed by atoms with E-state index in [-0.39, 0.29) is 11.1 Å². The molecule has 0 saturated heterocycles. The molecule has 4 heteroatoms. The van der Waals surface area contributed by atoms with Gasteiger partial charge >= 0.3 is 0 Å². The van der Waals surface area contributed by atoms with Gasteiger partial charge in [0.2, 0.25) is 0 Å². The molecule has 3 nitrogen and oxygen atoms in total. The molecule has 0 aliphatic carbocycles. The standard InChI is InChI=1S/C10H11FN2O/c1-10(2,13)7-3-6(5-12)4-8(11)9(7)14/h3-4,14H,13H2,1-2H3. The third kappa shape index (κ3) is 1.83. The number of nitriles is 1. The number of benzene rings is 1. The highest BCUT2D eigenvalue weighted by Gasteiger charge is 2.21.